The largest absolute Gasteiger partial charge is 0.497 e. The maximum Gasteiger partial charge on any atom is 0.254 e. The molecule has 4 aromatic rings. The van der Waals surface area contributed by atoms with E-state index in [1.54, 1.807) is 17.8 Å². The van der Waals surface area contributed by atoms with Crippen LogP contribution in [0.15, 0.2) is 59.9 Å². The van der Waals surface area contributed by atoms with E-state index in [4.69, 9.17) is 4.74 Å². The smallest absolute Gasteiger partial charge is 0.254 e. The van der Waals surface area contributed by atoms with Crippen molar-refractivity contribution in [1.82, 2.24) is 23.9 Å². The molecule has 176 valence electrons. The summed E-state index contributed by atoms with van der Waals surface area (Å²) in [6, 6.07) is 9.95. The minimum Gasteiger partial charge on any atom is -0.497 e. The van der Waals surface area contributed by atoms with E-state index in [-0.39, 0.29) is 13.1 Å². The quantitative estimate of drug-likeness (QED) is 0.428. The Morgan fingerprint density at radius 2 is 1.71 bits per heavy atom. The van der Waals surface area contributed by atoms with Gasteiger partial charge in [-0.25, -0.2) is 22.2 Å². The molecule has 1 aliphatic rings. The van der Waals surface area contributed by atoms with Gasteiger partial charge in [-0.2, -0.15) is 18.9 Å². The molecule has 3 heterocycles. The number of piperazine rings is 1. The summed E-state index contributed by atoms with van der Waals surface area (Å²) in [5, 5.41) is 4.31. The number of hydrogen-bond donors (Lipinski definition) is 0. The number of hydrogen-bond acceptors (Lipinski definition) is 7. The molecule has 0 radical (unpaired) electrons. The molecule has 34 heavy (non-hydrogen) atoms. The van der Waals surface area contributed by atoms with Crippen LogP contribution >= 0.6 is 0 Å². The number of ether oxygens (including phenoxy) is 1. The first-order valence-electron chi connectivity index (χ1n) is 10.4. The van der Waals surface area contributed by atoms with E-state index in [9.17, 15) is 17.2 Å². The number of fused-ring (bicyclic) bond motifs is 1. The first-order valence-corrected chi connectivity index (χ1v) is 11.9. The van der Waals surface area contributed by atoms with Crippen LogP contribution in [0.1, 0.15) is 0 Å². The lowest BCUT2D eigenvalue weighted by Crippen LogP contribution is -2.49. The van der Waals surface area contributed by atoms with E-state index in [1.807, 2.05) is 29.2 Å². The molecule has 2 aromatic carbocycles. The van der Waals surface area contributed by atoms with Gasteiger partial charge in [-0.3, -0.25) is 0 Å². The number of nitrogens with zero attached hydrogens (tertiary/aromatic N) is 6. The molecule has 1 fully saturated rings. The van der Waals surface area contributed by atoms with Gasteiger partial charge in [0.05, 0.1) is 7.11 Å². The van der Waals surface area contributed by atoms with E-state index in [1.165, 1.54) is 10.6 Å². The zero-order valence-electron chi connectivity index (χ0n) is 18.1. The molecule has 0 spiro atoms. The van der Waals surface area contributed by atoms with Gasteiger partial charge in [0.1, 0.15) is 34.4 Å². The van der Waals surface area contributed by atoms with E-state index >= 15 is 0 Å². The first-order chi connectivity index (χ1) is 16.4. The first kappa shape index (κ1) is 22.2. The lowest BCUT2D eigenvalue weighted by Gasteiger charge is -2.36. The molecule has 0 bridgehead atoms. The number of anilines is 1. The van der Waals surface area contributed by atoms with Crippen molar-refractivity contribution in [3.63, 3.8) is 0 Å². The highest BCUT2D eigenvalue weighted by Crippen LogP contribution is 2.32. The molecule has 0 N–H and O–H groups in total. The topological polar surface area (TPSA) is 92.9 Å². The van der Waals surface area contributed by atoms with Gasteiger partial charge in [0.2, 0.25) is 10.0 Å². The maximum absolute atomic E-state index is 14.2. The zero-order valence-corrected chi connectivity index (χ0v) is 18.9. The summed E-state index contributed by atoms with van der Waals surface area (Å²) in [5.41, 5.74) is 1.67. The average Bonchev–Trinajstić information content (AvgIpc) is 3.32. The number of halogens is 2. The Bertz CT molecular complexity index is 1450. The van der Waals surface area contributed by atoms with Crippen molar-refractivity contribution in [1.29, 1.82) is 0 Å². The lowest BCUT2D eigenvalue weighted by atomic mass is 10.1. The third-order valence-electron chi connectivity index (χ3n) is 5.73. The van der Waals surface area contributed by atoms with Gasteiger partial charge in [-0.05, 0) is 29.8 Å². The number of benzene rings is 2. The van der Waals surface area contributed by atoms with Crippen LogP contribution in [0.3, 0.4) is 0 Å². The Kier molecular flexibility index (Phi) is 5.62. The Balaban J connectivity index is 1.46. The molecule has 5 rings (SSSR count). The molecule has 0 atom stereocenters. The van der Waals surface area contributed by atoms with Crippen molar-refractivity contribution in [3.8, 4) is 16.9 Å². The second kappa shape index (κ2) is 8.61. The Hall–Kier alpha value is -3.64. The van der Waals surface area contributed by atoms with E-state index in [2.05, 4.69) is 15.1 Å². The summed E-state index contributed by atoms with van der Waals surface area (Å²) in [6.45, 7) is 0.869. The molecular weight excluding hydrogens is 466 g/mol. The standard InChI is InChI=1S/C22H20F2N6O3S/c1-33-17-5-2-15(3-6-17)18-13-25-22-26-14-27-30(22)21(18)28-8-10-29(11-9-28)34(31,32)20-7-4-16(23)12-19(20)24/h2-7,12-14H,8-11H2,1H3. The van der Waals surface area contributed by atoms with Gasteiger partial charge in [0.25, 0.3) is 5.78 Å². The van der Waals surface area contributed by atoms with Crippen molar-refractivity contribution in [2.24, 2.45) is 0 Å². The molecule has 1 aliphatic heterocycles. The molecule has 0 aliphatic carbocycles. The molecular formula is C22H20F2N6O3S. The Morgan fingerprint density at radius 3 is 2.38 bits per heavy atom. The Labute approximate surface area is 194 Å². The molecule has 0 saturated carbocycles. The summed E-state index contributed by atoms with van der Waals surface area (Å²) in [7, 11) is -2.52. The minimum absolute atomic E-state index is 0.111. The SMILES string of the molecule is COc1ccc(-c2cnc3ncnn3c2N2CCN(S(=O)(=O)c3ccc(F)cc3F)CC2)cc1. The fourth-order valence-corrected chi connectivity index (χ4v) is 5.48. The molecule has 0 unspecified atom stereocenters. The van der Waals surface area contributed by atoms with Crippen LogP contribution in [-0.2, 0) is 10.0 Å². The second-order valence-electron chi connectivity index (χ2n) is 7.66. The van der Waals surface area contributed by atoms with Gasteiger partial charge in [0.15, 0.2) is 0 Å². The third-order valence-corrected chi connectivity index (χ3v) is 7.66. The predicted octanol–water partition coefficient (Wildman–Crippen LogP) is 2.59. The van der Waals surface area contributed by atoms with E-state index < -0.39 is 26.6 Å². The molecule has 12 heteroatoms. The van der Waals surface area contributed by atoms with E-state index in [0.717, 1.165) is 29.1 Å². The lowest BCUT2D eigenvalue weighted by molar-refractivity contribution is 0.380. The molecule has 2 aromatic heterocycles. The number of rotatable bonds is 5. The van der Waals surface area contributed by atoms with Crippen LogP contribution in [0.25, 0.3) is 16.9 Å². The van der Waals surface area contributed by atoms with E-state index in [0.29, 0.717) is 30.7 Å². The number of methoxy groups -OCH3 is 1. The van der Waals surface area contributed by atoms with Gasteiger partial charge >= 0.3 is 0 Å². The Morgan fingerprint density at radius 1 is 0.971 bits per heavy atom. The van der Waals surface area contributed by atoms with Crippen LogP contribution < -0.4 is 9.64 Å². The molecule has 9 nitrogen and oxygen atoms in total. The second-order valence-corrected chi connectivity index (χ2v) is 9.57. The number of aromatic nitrogens is 4. The zero-order chi connectivity index (χ0) is 23.9. The highest BCUT2D eigenvalue weighted by atomic mass is 32.2. The summed E-state index contributed by atoms with van der Waals surface area (Å²) >= 11 is 0. The monoisotopic (exact) mass is 486 g/mol. The van der Waals surface area contributed by atoms with Crippen molar-refractivity contribution in [2.75, 3.05) is 38.2 Å². The fraction of sp³-hybridized carbons (Fsp3) is 0.227. The van der Waals surface area contributed by atoms with Gasteiger partial charge in [0, 0.05) is 44.0 Å². The minimum atomic E-state index is -4.11. The normalized spacial score (nSPS) is 15.1. The van der Waals surface area contributed by atoms with Crippen LogP contribution in [0.5, 0.6) is 5.75 Å². The average molecular weight is 487 g/mol. The highest BCUT2D eigenvalue weighted by molar-refractivity contribution is 7.89. The summed E-state index contributed by atoms with van der Waals surface area (Å²) in [5.74, 6) is -0.0927. The van der Waals surface area contributed by atoms with Gasteiger partial charge in [-0.1, -0.05) is 12.1 Å². The van der Waals surface area contributed by atoms with Gasteiger partial charge in [-0.15, -0.1) is 0 Å². The summed E-state index contributed by atoms with van der Waals surface area (Å²) in [6.07, 6.45) is 3.11. The van der Waals surface area contributed by atoms with Crippen LogP contribution in [0, 0.1) is 11.6 Å². The predicted molar refractivity (Wildman–Crippen MR) is 120 cm³/mol. The highest BCUT2D eigenvalue weighted by Gasteiger charge is 2.32. The van der Waals surface area contributed by atoms with Crippen LogP contribution in [0.4, 0.5) is 14.6 Å². The van der Waals surface area contributed by atoms with Gasteiger partial charge < -0.3 is 9.64 Å². The van der Waals surface area contributed by atoms with Crippen molar-refractivity contribution in [2.45, 2.75) is 4.90 Å². The fourth-order valence-electron chi connectivity index (χ4n) is 4.01. The van der Waals surface area contributed by atoms with Crippen molar-refractivity contribution >= 4 is 21.6 Å². The molecule has 0 amide bonds. The maximum atomic E-state index is 14.2. The molecule has 1 saturated heterocycles. The van der Waals surface area contributed by atoms with Crippen molar-refractivity contribution < 1.29 is 21.9 Å². The van der Waals surface area contributed by atoms with Crippen LogP contribution in [0.2, 0.25) is 0 Å². The third kappa shape index (κ3) is 3.84. The number of sulfonamides is 1. The van der Waals surface area contributed by atoms with Crippen LogP contribution in [-0.4, -0.2) is 65.6 Å². The van der Waals surface area contributed by atoms with Crippen molar-refractivity contribution in [3.05, 3.63) is 66.6 Å². The summed E-state index contributed by atoms with van der Waals surface area (Å²) in [4.78, 5) is 10.00. The summed E-state index contributed by atoms with van der Waals surface area (Å²) < 4.78 is 61.5.